The van der Waals surface area contributed by atoms with Crippen LogP contribution in [0.15, 0.2) is 48.8 Å². The van der Waals surface area contributed by atoms with Gasteiger partial charge in [-0.25, -0.2) is 9.97 Å². The molecule has 3 aromatic rings. The van der Waals surface area contributed by atoms with Gasteiger partial charge in [0.05, 0.1) is 11.4 Å². The van der Waals surface area contributed by atoms with Gasteiger partial charge >= 0.3 is 0 Å². The van der Waals surface area contributed by atoms with Gasteiger partial charge in [-0.3, -0.25) is 9.69 Å². The van der Waals surface area contributed by atoms with E-state index >= 15 is 0 Å². The predicted octanol–water partition coefficient (Wildman–Crippen LogP) is 3.92. The van der Waals surface area contributed by atoms with E-state index in [1.165, 1.54) is 0 Å². The van der Waals surface area contributed by atoms with Crippen molar-refractivity contribution >= 4 is 22.6 Å². The lowest BCUT2D eigenvalue weighted by atomic mass is 9.92. The van der Waals surface area contributed by atoms with Gasteiger partial charge in [-0.2, -0.15) is 0 Å². The Labute approximate surface area is 177 Å². The number of nitrogens with one attached hydrogen (secondary N) is 1. The van der Waals surface area contributed by atoms with Crippen molar-refractivity contribution in [2.24, 2.45) is 0 Å². The number of hydrogen-bond donors (Lipinski definition) is 2. The Morgan fingerprint density at radius 3 is 2.70 bits per heavy atom. The number of carbonyl (C=O) groups excluding carboxylic acids is 1. The normalized spacial score (nSPS) is 15.8. The standard InChI is InChI=1S/C24H28N4O2/c1-3-18(19-6-4-5-7-22(19)29)24(30)28(17-10-12-25-13-11-17)23-20-9-8-16(2)14-21(20)26-15-27-23/h4-9,14-15,17-18,25,29H,3,10-13H2,1-2H3. The summed E-state index contributed by atoms with van der Waals surface area (Å²) in [6.45, 7) is 5.74. The highest BCUT2D eigenvalue weighted by molar-refractivity contribution is 6.04. The lowest BCUT2D eigenvalue weighted by Crippen LogP contribution is -2.48. The Kier molecular flexibility index (Phi) is 5.95. The molecular weight excluding hydrogens is 376 g/mol. The fourth-order valence-corrected chi connectivity index (χ4v) is 4.34. The quantitative estimate of drug-likeness (QED) is 0.674. The number of fused-ring (bicyclic) bond motifs is 1. The van der Waals surface area contributed by atoms with Crippen LogP contribution >= 0.6 is 0 Å². The number of benzene rings is 2. The first-order valence-corrected chi connectivity index (χ1v) is 10.6. The van der Waals surface area contributed by atoms with Crippen LogP contribution in [0.1, 0.15) is 43.2 Å². The van der Waals surface area contributed by atoms with Crippen molar-refractivity contribution < 1.29 is 9.90 Å². The summed E-state index contributed by atoms with van der Waals surface area (Å²) in [6, 6.07) is 13.2. The number of para-hydroxylation sites is 1. The smallest absolute Gasteiger partial charge is 0.236 e. The van der Waals surface area contributed by atoms with Crippen LogP contribution in [0, 0.1) is 6.92 Å². The molecule has 1 atom stereocenters. The van der Waals surface area contributed by atoms with E-state index in [-0.39, 0.29) is 17.7 Å². The summed E-state index contributed by atoms with van der Waals surface area (Å²) in [6.07, 6.45) is 3.86. The van der Waals surface area contributed by atoms with Crippen LogP contribution < -0.4 is 10.2 Å². The molecule has 1 aliphatic rings. The number of carbonyl (C=O) groups is 1. The Morgan fingerprint density at radius 1 is 1.20 bits per heavy atom. The highest BCUT2D eigenvalue weighted by Gasteiger charge is 2.34. The second-order valence-corrected chi connectivity index (χ2v) is 7.93. The number of amides is 1. The fraction of sp³-hybridized carbons (Fsp3) is 0.375. The molecule has 1 aliphatic heterocycles. The monoisotopic (exact) mass is 404 g/mol. The number of aromatic hydroxyl groups is 1. The van der Waals surface area contributed by atoms with Gasteiger partial charge in [0.25, 0.3) is 0 Å². The van der Waals surface area contributed by atoms with E-state index in [2.05, 4.69) is 15.3 Å². The second-order valence-electron chi connectivity index (χ2n) is 7.93. The van der Waals surface area contributed by atoms with Crippen LogP contribution in [-0.2, 0) is 4.79 Å². The zero-order chi connectivity index (χ0) is 21.1. The summed E-state index contributed by atoms with van der Waals surface area (Å²) < 4.78 is 0. The Bertz CT molecular complexity index is 1050. The van der Waals surface area contributed by atoms with Crippen molar-refractivity contribution in [2.45, 2.75) is 45.1 Å². The lowest BCUT2D eigenvalue weighted by Gasteiger charge is -2.36. The van der Waals surface area contributed by atoms with E-state index in [9.17, 15) is 9.90 Å². The van der Waals surface area contributed by atoms with Crippen LogP contribution in [-0.4, -0.2) is 40.1 Å². The number of phenols is 1. The highest BCUT2D eigenvalue weighted by Crippen LogP contribution is 2.35. The van der Waals surface area contributed by atoms with Crippen molar-refractivity contribution in [1.29, 1.82) is 0 Å². The van der Waals surface area contributed by atoms with Gasteiger partial charge in [-0.15, -0.1) is 0 Å². The zero-order valence-electron chi connectivity index (χ0n) is 17.5. The molecule has 0 bridgehead atoms. The average molecular weight is 405 g/mol. The van der Waals surface area contributed by atoms with Gasteiger partial charge < -0.3 is 10.4 Å². The fourth-order valence-electron chi connectivity index (χ4n) is 4.34. The van der Waals surface area contributed by atoms with Gasteiger partial charge in [0.1, 0.15) is 17.9 Å². The SMILES string of the molecule is CCC(C(=O)N(c1ncnc2cc(C)ccc12)C1CCNCC1)c1ccccc1O. The predicted molar refractivity (Wildman–Crippen MR) is 119 cm³/mol. The number of anilines is 1. The molecule has 6 heteroatoms. The largest absolute Gasteiger partial charge is 0.508 e. The topological polar surface area (TPSA) is 78.4 Å². The maximum absolute atomic E-state index is 14.0. The maximum Gasteiger partial charge on any atom is 0.236 e. The van der Waals surface area contributed by atoms with Crippen molar-refractivity contribution in [3.8, 4) is 5.75 Å². The van der Waals surface area contributed by atoms with E-state index < -0.39 is 5.92 Å². The first-order valence-electron chi connectivity index (χ1n) is 10.6. The molecule has 0 spiro atoms. The first kappa shape index (κ1) is 20.3. The minimum Gasteiger partial charge on any atom is -0.508 e. The summed E-state index contributed by atoms with van der Waals surface area (Å²) in [5, 5.41) is 14.7. The first-order chi connectivity index (χ1) is 14.6. The van der Waals surface area contributed by atoms with Crippen molar-refractivity contribution in [3.05, 3.63) is 59.9 Å². The van der Waals surface area contributed by atoms with Gasteiger partial charge in [0.15, 0.2) is 0 Å². The molecule has 1 amide bonds. The van der Waals surface area contributed by atoms with Crippen LogP contribution in [0.3, 0.4) is 0 Å². The summed E-state index contributed by atoms with van der Waals surface area (Å²) >= 11 is 0. The summed E-state index contributed by atoms with van der Waals surface area (Å²) in [7, 11) is 0. The van der Waals surface area contributed by atoms with Gasteiger partial charge in [0.2, 0.25) is 5.91 Å². The molecule has 0 radical (unpaired) electrons. The van der Waals surface area contributed by atoms with E-state index in [0.29, 0.717) is 17.8 Å². The van der Waals surface area contributed by atoms with Gasteiger partial charge in [-0.1, -0.05) is 31.2 Å². The third kappa shape index (κ3) is 3.87. The highest BCUT2D eigenvalue weighted by atomic mass is 16.3. The molecule has 1 unspecified atom stereocenters. The minimum atomic E-state index is -0.434. The molecule has 2 N–H and O–H groups in total. The van der Waals surface area contributed by atoms with Gasteiger partial charge in [0, 0.05) is 17.0 Å². The van der Waals surface area contributed by atoms with Crippen molar-refractivity contribution in [2.75, 3.05) is 18.0 Å². The molecule has 6 nitrogen and oxygen atoms in total. The van der Waals surface area contributed by atoms with E-state index in [4.69, 9.17) is 0 Å². The van der Waals surface area contributed by atoms with Crippen molar-refractivity contribution in [1.82, 2.24) is 15.3 Å². The number of nitrogens with zero attached hydrogens (tertiary/aromatic N) is 3. The maximum atomic E-state index is 14.0. The third-order valence-electron chi connectivity index (χ3n) is 5.93. The molecule has 2 heterocycles. The average Bonchev–Trinajstić information content (AvgIpc) is 2.76. The van der Waals surface area contributed by atoms with Crippen LogP contribution in [0.25, 0.3) is 10.9 Å². The molecule has 4 rings (SSSR count). The number of phenolic OH excluding ortho intramolecular Hbond substituents is 1. The summed E-state index contributed by atoms with van der Waals surface area (Å²) in [5.41, 5.74) is 2.62. The van der Waals surface area contributed by atoms with Crippen LogP contribution in [0.5, 0.6) is 5.75 Å². The Balaban J connectivity index is 1.83. The number of aryl methyl sites for hydroxylation is 1. The molecule has 0 saturated carbocycles. The second kappa shape index (κ2) is 8.79. The number of hydrogen-bond acceptors (Lipinski definition) is 5. The van der Waals surface area contributed by atoms with E-state index in [1.807, 2.05) is 49.1 Å². The summed E-state index contributed by atoms with van der Waals surface area (Å²) in [4.78, 5) is 24.8. The summed E-state index contributed by atoms with van der Waals surface area (Å²) in [5.74, 6) is 0.361. The van der Waals surface area contributed by atoms with Crippen LogP contribution in [0.2, 0.25) is 0 Å². The number of piperidine rings is 1. The molecule has 156 valence electrons. The van der Waals surface area contributed by atoms with Gasteiger partial charge in [-0.05, 0) is 63.0 Å². The van der Waals surface area contributed by atoms with Crippen LogP contribution in [0.4, 0.5) is 5.82 Å². The molecular formula is C24H28N4O2. The Morgan fingerprint density at radius 2 is 1.97 bits per heavy atom. The van der Waals surface area contributed by atoms with Crippen molar-refractivity contribution in [3.63, 3.8) is 0 Å². The third-order valence-corrected chi connectivity index (χ3v) is 5.93. The molecule has 2 aromatic carbocycles. The number of aromatic nitrogens is 2. The Hall–Kier alpha value is -2.99. The van der Waals surface area contributed by atoms with E-state index in [1.54, 1.807) is 18.5 Å². The number of rotatable bonds is 5. The minimum absolute atomic E-state index is 0.0218. The zero-order valence-corrected chi connectivity index (χ0v) is 17.5. The molecule has 1 fully saturated rings. The molecule has 1 saturated heterocycles. The molecule has 30 heavy (non-hydrogen) atoms. The van der Waals surface area contributed by atoms with E-state index in [0.717, 1.165) is 42.4 Å². The lowest BCUT2D eigenvalue weighted by molar-refractivity contribution is -0.120. The molecule has 1 aromatic heterocycles. The molecule has 0 aliphatic carbocycles.